The summed E-state index contributed by atoms with van der Waals surface area (Å²) in [7, 11) is 1.47. The van der Waals surface area contributed by atoms with E-state index < -0.39 is 20.0 Å². The molecule has 422 valence electrons. The minimum absolute atomic E-state index is 0.0309. The predicted octanol–water partition coefficient (Wildman–Crippen LogP) is 18.2. The third-order valence-electron chi connectivity index (χ3n) is 12.8. The molecule has 1 amide bonds. The molecule has 9 nitrogen and oxygen atoms in total. The van der Waals surface area contributed by atoms with Gasteiger partial charge in [0.1, 0.15) is 19.3 Å². The first kappa shape index (κ1) is 70.2. The third kappa shape index (κ3) is 53.8. The maximum atomic E-state index is 13.5. The van der Waals surface area contributed by atoms with Crippen LogP contribution in [0.15, 0.2) is 85.1 Å². The number of rotatable bonds is 53. The zero-order chi connectivity index (χ0) is 53.6. The van der Waals surface area contributed by atoms with Crippen molar-refractivity contribution in [2.45, 2.75) is 264 Å². The average molecular weight is 1040 g/mol. The number of allylic oxidation sites excluding steroid dienone is 13. The summed E-state index contributed by atoms with van der Waals surface area (Å²) in [5, 5.41) is 3.03. The van der Waals surface area contributed by atoms with E-state index in [1.165, 1.54) is 96.3 Å². The minimum Gasteiger partial charge on any atom is -0.456 e. The van der Waals surface area contributed by atoms with Gasteiger partial charge in [0.2, 0.25) is 5.91 Å². The predicted molar refractivity (Wildman–Crippen MR) is 314 cm³/mol. The van der Waals surface area contributed by atoms with Crippen molar-refractivity contribution >= 4 is 19.7 Å². The first-order chi connectivity index (χ1) is 35.4. The second-order valence-corrected chi connectivity index (χ2v) is 22.6. The van der Waals surface area contributed by atoms with Crippen molar-refractivity contribution in [1.82, 2.24) is 5.32 Å². The van der Waals surface area contributed by atoms with Crippen LogP contribution in [0.3, 0.4) is 0 Å². The number of hydrogen-bond acceptors (Lipinski definition) is 6. The maximum Gasteiger partial charge on any atom is 0.472 e. The molecule has 73 heavy (non-hydrogen) atoms. The van der Waals surface area contributed by atoms with Gasteiger partial charge in [0.25, 0.3) is 0 Å². The summed E-state index contributed by atoms with van der Waals surface area (Å²) in [5.41, 5.74) is 0. The number of likely N-dealkylation sites (N-methyl/N-ethyl adjacent to an activating group) is 1. The van der Waals surface area contributed by atoms with Crippen LogP contribution in [0.5, 0.6) is 0 Å². The number of phosphoric ester groups is 1. The van der Waals surface area contributed by atoms with Crippen LogP contribution in [-0.4, -0.2) is 74.3 Å². The molecule has 2 N–H and O–H groups in total. The van der Waals surface area contributed by atoms with E-state index in [0.717, 1.165) is 116 Å². The number of nitrogens with zero attached hydrogens (tertiary/aromatic N) is 1. The summed E-state index contributed by atoms with van der Waals surface area (Å²) in [5.74, 6) is -0.548. The molecule has 0 aromatic rings. The summed E-state index contributed by atoms with van der Waals surface area (Å²) in [6.45, 7) is 6.86. The lowest BCUT2D eigenvalue weighted by Crippen LogP contribution is -2.47. The zero-order valence-electron chi connectivity index (χ0n) is 48.1. The number of unbranched alkanes of at least 4 members (excludes halogenated alkanes) is 25. The molecule has 0 saturated heterocycles. The standard InChI is InChI=1S/C63H113N2O7P/c1-7-10-13-16-19-22-25-28-29-30-31-32-33-34-35-38-41-44-47-50-53-56-63(67)72-61(54-51-48-45-42-39-36-26-23-20-17-14-11-8-2)60(59-71-73(68,69)70-58-57-65(4,5)6)64-62(66)55-52-49-46-43-40-37-27-24-21-18-15-12-9-3/h10,13,19,22,28-29,31-32,34-35,37,40,51,54,60-61H,7-9,11-12,14-18,20-21,23-27,30,33,36,38-39,41-50,52-53,55-59H2,1-6H3,(H-,64,66,68,69)/p+1/b13-10-,22-19-,29-28-,32-31-,35-34-,40-37-,54-51-. The van der Waals surface area contributed by atoms with Gasteiger partial charge in [-0.15, -0.1) is 0 Å². The highest BCUT2D eigenvalue weighted by molar-refractivity contribution is 7.47. The normalized spacial score (nSPS) is 14.3. The SMILES string of the molecule is CC/C=C\C/C=C\C/C=C\C/C=C\C/C=C\CCCCCCCC(=O)OC(/C=C\CCCCCCCCCCCCC)C(COP(=O)(O)OCC[N+](C)(C)C)NC(=O)CCCCC/C=C\CCCCCCCC. The highest BCUT2D eigenvalue weighted by atomic mass is 31.2. The Morgan fingerprint density at radius 2 is 0.877 bits per heavy atom. The Kier molecular flexibility index (Phi) is 50.6. The van der Waals surface area contributed by atoms with Crippen LogP contribution in [0.4, 0.5) is 0 Å². The molecule has 0 aliphatic heterocycles. The molecule has 0 aliphatic carbocycles. The van der Waals surface area contributed by atoms with E-state index in [0.29, 0.717) is 23.9 Å². The molecule has 0 heterocycles. The van der Waals surface area contributed by atoms with Crippen LogP contribution in [0.1, 0.15) is 252 Å². The number of amides is 1. The molecule has 3 unspecified atom stereocenters. The number of phosphoric acid groups is 1. The van der Waals surface area contributed by atoms with E-state index in [2.05, 4.69) is 99.0 Å². The molecule has 0 aromatic heterocycles. The van der Waals surface area contributed by atoms with E-state index in [1.54, 1.807) is 0 Å². The van der Waals surface area contributed by atoms with Gasteiger partial charge in [-0.05, 0) is 102 Å². The fraction of sp³-hybridized carbons (Fsp3) is 0.746. The minimum atomic E-state index is -4.46. The Hall–Kier alpha value is -2.81. The summed E-state index contributed by atoms with van der Waals surface area (Å²) < 4.78 is 30.6. The van der Waals surface area contributed by atoms with Crippen LogP contribution in [0, 0.1) is 0 Å². The first-order valence-electron chi connectivity index (χ1n) is 29.9. The van der Waals surface area contributed by atoms with Gasteiger partial charge in [-0.1, -0.05) is 222 Å². The van der Waals surface area contributed by atoms with Crippen molar-refractivity contribution in [3.05, 3.63) is 85.1 Å². The van der Waals surface area contributed by atoms with Gasteiger partial charge < -0.3 is 19.4 Å². The summed E-state index contributed by atoms with van der Waals surface area (Å²) >= 11 is 0. The van der Waals surface area contributed by atoms with Crippen molar-refractivity contribution in [2.75, 3.05) is 40.9 Å². The van der Waals surface area contributed by atoms with Crippen molar-refractivity contribution in [3.8, 4) is 0 Å². The molecule has 0 rings (SSSR count). The van der Waals surface area contributed by atoms with E-state index in [9.17, 15) is 19.0 Å². The Morgan fingerprint density at radius 3 is 1.34 bits per heavy atom. The van der Waals surface area contributed by atoms with E-state index >= 15 is 0 Å². The average Bonchev–Trinajstić information content (AvgIpc) is 3.35. The number of nitrogens with one attached hydrogen (secondary N) is 1. The lowest BCUT2D eigenvalue weighted by Gasteiger charge is -2.27. The van der Waals surface area contributed by atoms with Crippen molar-refractivity contribution in [1.29, 1.82) is 0 Å². The fourth-order valence-electron chi connectivity index (χ4n) is 8.20. The molecule has 0 aliphatic rings. The number of ether oxygens (including phenoxy) is 1. The zero-order valence-corrected chi connectivity index (χ0v) is 49.0. The topological polar surface area (TPSA) is 111 Å². The van der Waals surface area contributed by atoms with Gasteiger partial charge in [0, 0.05) is 12.8 Å². The van der Waals surface area contributed by atoms with Gasteiger partial charge in [-0.25, -0.2) is 4.57 Å². The van der Waals surface area contributed by atoms with Gasteiger partial charge in [-0.3, -0.25) is 18.6 Å². The Balaban J connectivity index is 5.36. The summed E-state index contributed by atoms with van der Waals surface area (Å²) in [6.07, 6.45) is 68.6. The smallest absolute Gasteiger partial charge is 0.456 e. The van der Waals surface area contributed by atoms with E-state index in [4.69, 9.17) is 13.8 Å². The largest absolute Gasteiger partial charge is 0.472 e. The molecule has 0 saturated carbocycles. The highest BCUT2D eigenvalue weighted by Gasteiger charge is 2.30. The van der Waals surface area contributed by atoms with Crippen LogP contribution < -0.4 is 5.32 Å². The fourth-order valence-corrected chi connectivity index (χ4v) is 8.93. The lowest BCUT2D eigenvalue weighted by molar-refractivity contribution is -0.870. The number of carbonyl (C=O) groups excluding carboxylic acids is 2. The molecule has 0 bridgehead atoms. The third-order valence-corrected chi connectivity index (χ3v) is 13.8. The van der Waals surface area contributed by atoms with Crippen LogP contribution in [0.25, 0.3) is 0 Å². The Bertz CT molecular complexity index is 1530. The number of quaternary nitrogens is 1. The van der Waals surface area contributed by atoms with Crippen LogP contribution in [0.2, 0.25) is 0 Å². The van der Waals surface area contributed by atoms with Gasteiger partial charge in [0.15, 0.2) is 0 Å². The molecule has 0 spiro atoms. The monoisotopic (exact) mass is 1040 g/mol. The summed E-state index contributed by atoms with van der Waals surface area (Å²) in [4.78, 5) is 37.6. The number of hydrogen-bond donors (Lipinski definition) is 2. The molecule has 10 heteroatoms. The molecule has 0 radical (unpaired) electrons. The molecular formula is C63H114N2O7P+. The van der Waals surface area contributed by atoms with Crippen LogP contribution >= 0.6 is 7.82 Å². The first-order valence-corrected chi connectivity index (χ1v) is 31.4. The van der Waals surface area contributed by atoms with Crippen molar-refractivity contribution < 1.29 is 37.3 Å². The second kappa shape index (κ2) is 52.6. The van der Waals surface area contributed by atoms with Crippen molar-refractivity contribution in [3.63, 3.8) is 0 Å². The number of esters is 1. The lowest BCUT2D eigenvalue weighted by atomic mass is 10.0. The van der Waals surface area contributed by atoms with Crippen molar-refractivity contribution in [2.24, 2.45) is 0 Å². The molecule has 0 aromatic carbocycles. The molecule has 3 atom stereocenters. The van der Waals surface area contributed by atoms with Crippen LogP contribution in [-0.2, 0) is 27.9 Å². The highest BCUT2D eigenvalue weighted by Crippen LogP contribution is 2.43. The maximum absolute atomic E-state index is 13.5. The van der Waals surface area contributed by atoms with Gasteiger partial charge in [0.05, 0.1) is 33.8 Å². The van der Waals surface area contributed by atoms with E-state index in [1.807, 2.05) is 33.3 Å². The molecular weight excluding hydrogens is 928 g/mol. The number of carbonyl (C=O) groups is 2. The summed E-state index contributed by atoms with van der Waals surface area (Å²) in [6, 6.07) is -0.867. The quantitative estimate of drug-likeness (QED) is 0.0205. The Morgan fingerprint density at radius 1 is 0.493 bits per heavy atom. The van der Waals surface area contributed by atoms with E-state index in [-0.39, 0.29) is 31.5 Å². The van der Waals surface area contributed by atoms with Gasteiger partial charge in [-0.2, -0.15) is 0 Å². The second-order valence-electron chi connectivity index (χ2n) is 21.1. The Labute approximate surface area is 450 Å². The molecule has 0 fully saturated rings. The van der Waals surface area contributed by atoms with Gasteiger partial charge >= 0.3 is 13.8 Å².